The van der Waals surface area contributed by atoms with E-state index < -0.39 is 0 Å². The largest absolute Gasteiger partial charge is 0.488 e. The minimum absolute atomic E-state index is 0.143. The van der Waals surface area contributed by atoms with Crippen molar-refractivity contribution in [1.29, 1.82) is 0 Å². The average molecular weight is 561 g/mol. The van der Waals surface area contributed by atoms with E-state index in [9.17, 15) is 9.18 Å². The van der Waals surface area contributed by atoms with Gasteiger partial charge in [-0.25, -0.2) is 9.82 Å². The van der Waals surface area contributed by atoms with E-state index >= 15 is 0 Å². The van der Waals surface area contributed by atoms with Gasteiger partial charge in [-0.15, -0.1) is 23.5 Å². The summed E-state index contributed by atoms with van der Waals surface area (Å²) in [7, 11) is 0. The SMILES string of the molecule is O=C(COc1ccc(C2SCCS2)cc1)N/N=C\c1cc(Br)ccc1OCc1ccc(F)cc1. The zero-order valence-electron chi connectivity index (χ0n) is 18.1. The highest BCUT2D eigenvalue weighted by molar-refractivity contribution is 9.10. The number of hydrogen-bond donors (Lipinski definition) is 1. The van der Waals surface area contributed by atoms with Gasteiger partial charge in [-0.1, -0.05) is 40.2 Å². The number of ether oxygens (including phenoxy) is 2. The standard InChI is InChI=1S/C25H22BrFN2O3S2/c26-20-5-10-23(32-15-17-1-6-21(27)7-2-17)19(13-20)14-28-29-24(30)16-31-22-8-3-18(4-9-22)25-33-11-12-34-25/h1-10,13-14,25H,11-12,15-16H2,(H,29,30)/b28-14-. The number of nitrogens with one attached hydrogen (secondary N) is 1. The van der Waals surface area contributed by atoms with Crippen LogP contribution in [0.3, 0.4) is 0 Å². The Hall–Kier alpha value is -2.49. The lowest BCUT2D eigenvalue weighted by Crippen LogP contribution is -2.24. The maximum absolute atomic E-state index is 13.1. The lowest BCUT2D eigenvalue weighted by atomic mass is 10.2. The van der Waals surface area contributed by atoms with Gasteiger partial charge in [0.15, 0.2) is 6.61 Å². The van der Waals surface area contributed by atoms with Gasteiger partial charge in [-0.3, -0.25) is 4.79 Å². The van der Waals surface area contributed by atoms with Crippen LogP contribution in [-0.4, -0.2) is 30.2 Å². The molecule has 1 amide bonds. The molecule has 1 heterocycles. The Morgan fingerprint density at radius 2 is 1.79 bits per heavy atom. The molecule has 3 aromatic rings. The van der Waals surface area contributed by atoms with E-state index in [1.165, 1.54) is 35.4 Å². The summed E-state index contributed by atoms with van der Waals surface area (Å²) in [5.41, 5.74) is 5.25. The van der Waals surface area contributed by atoms with Gasteiger partial charge >= 0.3 is 0 Å². The quantitative estimate of drug-likeness (QED) is 0.250. The topological polar surface area (TPSA) is 59.9 Å². The molecule has 5 nitrogen and oxygen atoms in total. The molecule has 0 saturated carbocycles. The number of amides is 1. The van der Waals surface area contributed by atoms with E-state index in [1.54, 1.807) is 18.2 Å². The van der Waals surface area contributed by atoms with Crippen molar-refractivity contribution in [2.45, 2.75) is 11.2 Å². The summed E-state index contributed by atoms with van der Waals surface area (Å²) < 4.78 is 25.8. The molecule has 3 aromatic carbocycles. The van der Waals surface area contributed by atoms with Crippen molar-refractivity contribution in [3.8, 4) is 11.5 Å². The maximum atomic E-state index is 13.1. The number of rotatable bonds is 9. The van der Waals surface area contributed by atoms with Crippen LogP contribution in [0.5, 0.6) is 11.5 Å². The molecule has 1 aliphatic rings. The second-order valence-corrected chi connectivity index (χ2v) is 11.0. The molecule has 1 saturated heterocycles. The van der Waals surface area contributed by atoms with Gasteiger partial charge < -0.3 is 9.47 Å². The van der Waals surface area contributed by atoms with Crippen LogP contribution >= 0.6 is 39.5 Å². The molecule has 34 heavy (non-hydrogen) atoms. The number of hydrogen-bond acceptors (Lipinski definition) is 6. The van der Waals surface area contributed by atoms with E-state index in [0.717, 1.165) is 10.0 Å². The van der Waals surface area contributed by atoms with Crippen LogP contribution in [0.4, 0.5) is 4.39 Å². The lowest BCUT2D eigenvalue weighted by Gasteiger charge is -2.10. The van der Waals surface area contributed by atoms with Gasteiger partial charge in [-0.2, -0.15) is 5.10 Å². The molecular formula is C25H22BrFN2O3S2. The molecular weight excluding hydrogens is 539 g/mol. The predicted molar refractivity (Wildman–Crippen MR) is 140 cm³/mol. The Morgan fingerprint density at radius 1 is 1.06 bits per heavy atom. The lowest BCUT2D eigenvalue weighted by molar-refractivity contribution is -0.123. The molecule has 0 atom stereocenters. The Kier molecular flexibility index (Phi) is 8.90. The van der Waals surface area contributed by atoms with Crippen LogP contribution < -0.4 is 14.9 Å². The third-order valence-corrected chi connectivity index (χ3v) is 8.41. The summed E-state index contributed by atoms with van der Waals surface area (Å²) in [5.74, 6) is 2.91. The fourth-order valence-corrected chi connectivity index (χ4v) is 6.36. The first-order valence-electron chi connectivity index (χ1n) is 10.5. The first kappa shape index (κ1) is 24.6. The van der Waals surface area contributed by atoms with Gasteiger partial charge in [0.1, 0.15) is 23.9 Å². The van der Waals surface area contributed by atoms with Crippen molar-refractivity contribution in [3.05, 3.63) is 93.7 Å². The number of carbonyl (C=O) groups excluding carboxylic acids is 1. The number of carbonyl (C=O) groups is 1. The number of thioether (sulfide) groups is 2. The zero-order valence-corrected chi connectivity index (χ0v) is 21.3. The predicted octanol–water partition coefficient (Wildman–Crippen LogP) is 6.17. The summed E-state index contributed by atoms with van der Waals surface area (Å²) in [4.78, 5) is 12.1. The van der Waals surface area contributed by atoms with Crippen molar-refractivity contribution in [2.75, 3.05) is 18.1 Å². The highest BCUT2D eigenvalue weighted by Crippen LogP contribution is 2.45. The summed E-state index contributed by atoms with van der Waals surface area (Å²) in [5, 5.41) is 4.03. The maximum Gasteiger partial charge on any atom is 0.277 e. The summed E-state index contributed by atoms with van der Waals surface area (Å²) in [6.07, 6.45) is 1.51. The Bertz CT molecular complexity index is 1140. The van der Waals surface area contributed by atoms with Gasteiger partial charge in [0.25, 0.3) is 5.91 Å². The fourth-order valence-electron chi connectivity index (χ4n) is 3.12. The molecule has 1 N–H and O–H groups in total. The monoisotopic (exact) mass is 560 g/mol. The van der Waals surface area contributed by atoms with E-state index in [0.29, 0.717) is 21.6 Å². The molecule has 0 bridgehead atoms. The number of nitrogens with zero attached hydrogens (tertiary/aromatic N) is 1. The molecule has 1 aliphatic heterocycles. The first-order chi connectivity index (χ1) is 16.6. The second kappa shape index (κ2) is 12.3. The van der Waals surface area contributed by atoms with Crippen molar-refractivity contribution in [3.63, 3.8) is 0 Å². The minimum atomic E-state index is -0.369. The first-order valence-corrected chi connectivity index (χ1v) is 13.4. The minimum Gasteiger partial charge on any atom is -0.488 e. The smallest absolute Gasteiger partial charge is 0.277 e. The van der Waals surface area contributed by atoms with Crippen LogP contribution in [-0.2, 0) is 11.4 Å². The van der Waals surface area contributed by atoms with Crippen molar-refractivity contribution >= 4 is 51.6 Å². The zero-order chi connectivity index (χ0) is 23.8. The van der Waals surface area contributed by atoms with Gasteiger partial charge in [-0.05, 0) is 53.6 Å². The van der Waals surface area contributed by atoms with E-state index in [-0.39, 0.29) is 24.9 Å². The Morgan fingerprint density at radius 3 is 2.53 bits per heavy atom. The Balaban J connectivity index is 1.27. The molecule has 0 aliphatic carbocycles. The molecule has 176 valence electrons. The fraction of sp³-hybridized carbons (Fsp3) is 0.200. The van der Waals surface area contributed by atoms with Crippen LogP contribution in [0.25, 0.3) is 0 Å². The normalized spacial score (nSPS) is 13.8. The van der Waals surface area contributed by atoms with Crippen LogP contribution in [0.1, 0.15) is 21.3 Å². The average Bonchev–Trinajstić information content (AvgIpc) is 3.39. The molecule has 4 rings (SSSR count). The van der Waals surface area contributed by atoms with Crippen molar-refractivity contribution < 1.29 is 18.7 Å². The molecule has 1 fully saturated rings. The number of hydrazone groups is 1. The highest BCUT2D eigenvalue weighted by atomic mass is 79.9. The van der Waals surface area contributed by atoms with E-state index in [4.69, 9.17) is 9.47 Å². The van der Waals surface area contributed by atoms with Crippen LogP contribution in [0.15, 0.2) is 76.3 Å². The third kappa shape index (κ3) is 7.25. The second-order valence-electron chi connectivity index (χ2n) is 7.32. The highest BCUT2D eigenvalue weighted by Gasteiger charge is 2.18. The van der Waals surface area contributed by atoms with Gasteiger partial charge in [0.05, 0.1) is 10.8 Å². The van der Waals surface area contributed by atoms with Crippen LogP contribution in [0, 0.1) is 5.82 Å². The molecule has 0 unspecified atom stereocenters. The van der Waals surface area contributed by atoms with Gasteiger partial charge in [0.2, 0.25) is 0 Å². The molecule has 0 radical (unpaired) electrons. The molecule has 0 spiro atoms. The molecule has 0 aromatic heterocycles. The van der Waals surface area contributed by atoms with E-state index in [2.05, 4.69) is 26.5 Å². The van der Waals surface area contributed by atoms with E-state index in [1.807, 2.05) is 59.9 Å². The third-order valence-electron chi connectivity index (χ3n) is 4.82. The van der Waals surface area contributed by atoms with Crippen molar-refractivity contribution in [1.82, 2.24) is 5.43 Å². The number of benzene rings is 3. The van der Waals surface area contributed by atoms with Crippen molar-refractivity contribution in [2.24, 2.45) is 5.10 Å². The Labute approximate surface area is 214 Å². The summed E-state index contributed by atoms with van der Waals surface area (Å²) in [6.45, 7) is 0.135. The summed E-state index contributed by atoms with van der Waals surface area (Å²) in [6, 6.07) is 19.5. The van der Waals surface area contributed by atoms with Gasteiger partial charge in [0, 0.05) is 21.5 Å². The molecule has 9 heteroatoms. The number of halogens is 2. The van der Waals surface area contributed by atoms with Crippen LogP contribution in [0.2, 0.25) is 0 Å². The summed E-state index contributed by atoms with van der Waals surface area (Å²) >= 11 is 7.32.